The molecule has 3 aliphatic rings. The lowest BCUT2D eigenvalue weighted by Gasteiger charge is -2.32. The van der Waals surface area contributed by atoms with Gasteiger partial charge in [0.25, 0.3) is 5.91 Å². The van der Waals surface area contributed by atoms with Crippen LogP contribution in [0.5, 0.6) is 0 Å². The van der Waals surface area contributed by atoms with Crippen LogP contribution in [0.1, 0.15) is 146 Å². The van der Waals surface area contributed by atoms with Crippen LogP contribution in [0.25, 0.3) is 11.1 Å². The Morgan fingerprint density at radius 2 is 1.56 bits per heavy atom. The molecular weight excluding hydrogens is 645 g/mol. The summed E-state index contributed by atoms with van der Waals surface area (Å²) in [5, 5.41) is 12.1. The Balaban J connectivity index is 0.000000565. The van der Waals surface area contributed by atoms with Gasteiger partial charge in [-0.1, -0.05) is 129 Å². The van der Waals surface area contributed by atoms with E-state index in [0.29, 0.717) is 11.6 Å². The molecule has 7 nitrogen and oxygen atoms in total. The number of aliphatic carboxylic acids is 1. The Morgan fingerprint density at radius 1 is 0.900 bits per heavy atom. The number of carboxylic acid groups (broad SMARTS) is 1. The van der Waals surface area contributed by atoms with Crippen molar-refractivity contribution in [1.82, 2.24) is 10.2 Å². The molecule has 2 aromatic carbocycles. The molecule has 2 saturated carbocycles. The number of aryl methyl sites for hydroxylation is 1. The van der Waals surface area contributed by atoms with E-state index in [4.69, 9.17) is 0 Å². The van der Waals surface area contributed by atoms with Gasteiger partial charge in [-0.25, -0.2) is 13.2 Å². The van der Waals surface area contributed by atoms with E-state index in [1.807, 2.05) is 51.1 Å². The number of unbranched alkanes of at least 4 members (excludes halogenated alkanes) is 1. The maximum absolute atomic E-state index is 13.3. The highest BCUT2D eigenvalue weighted by Gasteiger charge is 2.30. The molecule has 1 amide bonds. The summed E-state index contributed by atoms with van der Waals surface area (Å²) in [6.07, 6.45) is 18.7. The second-order valence-electron chi connectivity index (χ2n) is 14.5. The number of carbonyl (C=O) groups is 2. The summed E-state index contributed by atoms with van der Waals surface area (Å²) < 4.78 is 23.1. The topological polar surface area (TPSA) is 104 Å². The normalized spacial score (nSPS) is 18.6. The second-order valence-corrected chi connectivity index (χ2v) is 16.8. The lowest BCUT2D eigenvalue weighted by atomic mass is 9.80. The van der Waals surface area contributed by atoms with Crippen LogP contribution in [0.4, 0.5) is 0 Å². The third-order valence-electron chi connectivity index (χ3n) is 10.3. The van der Waals surface area contributed by atoms with Gasteiger partial charge in [-0.05, 0) is 85.4 Å². The molecule has 2 unspecified atom stereocenters. The van der Waals surface area contributed by atoms with Gasteiger partial charge in [-0.15, -0.1) is 0 Å². The highest BCUT2D eigenvalue weighted by molar-refractivity contribution is 7.90. The molecule has 1 saturated heterocycles. The number of benzene rings is 2. The van der Waals surface area contributed by atoms with Gasteiger partial charge in [-0.2, -0.15) is 0 Å². The zero-order valence-corrected chi connectivity index (χ0v) is 33.1. The average Bonchev–Trinajstić information content (AvgIpc) is 3.52. The molecule has 2 aliphatic carbocycles. The van der Waals surface area contributed by atoms with Crippen molar-refractivity contribution >= 4 is 21.7 Å². The predicted octanol–water partition coefficient (Wildman–Crippen LogP) is 9.85. The van der Waals surface area contributed by atoms with E-state index >= 15 is 0 Å². The molecule has 0 bridgehead atoms. The quantitative estimate of drug-likeness (QED) is 0.227. The first-order valence-electron chi connectivity index (χ1n) is 19.6. The Hall–Kier alpha value is -2.71. The summed E-state index contributed by atoms with van der Waals surface area (Å²) in [6.45, 7) is 14.6. The van der Waals surface area contributed by atoms with E-state index in [9.17, 15) is 23.1 Å². The molecule has 1 aliphatic heterocycles. The maximum atomic E-state index is 13.3. The van der Waals surface area contributed by atoms with E-state index in [1.165, 1.54) is 83.5 Å². The smallest absolute Gasteiger partial charge is 0.326 e. The molecule has 1 heterocycles. The van der Waals surface area contributed by atoms with Gasteiger partial charge in [-0.3, -0.25) is 9.69 Å². The summed E-state index contributed by atoms with van der Waals surface area (Å²) in [5.41, 5.74) is 4.21. The summed E-state index contributed by atoms with van der Waals surface area (Å²) in [5.74, 6) is -0.184. The minimum atomic E-state index is -3.36. The zero-order valence-electron chi connectivity index (χ0n) is 32.3. The van der Waals surface area contributed by atoms with E-state index < -0.39 is 27.8 Å². The number of likely N-dealkylation sites (tertiary alicyclic amines) is 1. The van der Waals surface area contributed by atoms with Crippen molar-refractivity contribution in [3.05, 3.63) is 59.2 Å². The highest BCUT2D eigenvalue weighted by Crippen LogP contribution is 2.36. The van der Waals surface area contributed by atoms with Crippen molar-refractivity contribution in [3.8, 4) is 11.1 Å². The fourth-order valence-electron chi connectivity index (χ4n) is 6.84. The van der Waals surface area contributed by atoms with Crippen molar-refractivity contribution in [2.45, 2.75) is 150 Å². The number of hydrogen-bond donors (Lipinski definition) is 2. The Labute approximate surface area is 304 Å². The summed E-state index contributed by atoms with van der Waals surface area (Å²) in [6, 6.07) is 13.0. The van der Waals surface area contributed by atoms with Gasteiger partial charge in [0.2, 0.25) is 0 Å². The molecule has 3 fully saturated rings. The van der Waals surface area contributed by atoms with E-state index in [2.05, 4.69) is 37.1 Å². The number of rotatable bonds is 12. The third-order valence-corrected chi connectivity index (χ3v) is 11.2. The molecule has 8 heteroatoms. The van der Waals surface area contributed by atoms with Gasteiger partial charge in [0.05, 0.1) is 5.75 Å². The lowest BCUT2D eigenvalue weighted by molar-refractivity contribution is -0.139. The number of hydrogen-bond acceptors (Lipinski definition) is 5. The number of nitrogens with one attached hydrogen (secondary N) is 1. The van der Waals surface area contributed by atoms with Crippen LogP contribution in [0.15, 0.2) is 42.5 Å². The lowest BCUT2D eigenvalue weighted by Crippen LogP contribution is -2.42. The van der Waals surface area contributed by atoms with Crippen molar-refractivity contribution in [2.24, 2.45) is 11.8 Å². The SMILES string of the molecule is CC.CC1CCCCC1.CCCC.Cc1ccccc1-c1cc(CN2CCCC2CC2CCC2)ccc1C(=O)NC(CCS(C)(=O)=O)C(=O)O. The molecule has 0 aromatic heterocycles. The summed E-state index contributed by atoms with van der Waals surface area (Å²) in [7, 11) is -3.36. The fourth-order valence-corrected chi connectivity index (χ4v) is 7.50. The Morgan fingerprint density at radius 3 is 2.08 bits per heavy atom. The van der Waals surface area contributed by atoms with Crippen LogP contribution in [0, 0.1) is 18.8 Å². The predicted molar refractivity (Wildman–Crippen MR) is 209 cm³/mol. The van der Waals surface area contributed by atoms with Crippen LogP contribution in [0.3, 0.4) is 0 Å². The summed E-state index contributed by atoms with van der Waals surface area (Å²) in [4.78, 5) is 27.7. The van der Waals surface area contributed by atoms with Gasteiger partial charge in [0, 0.05) is 24.4 Å². The van der Waals surface area contributed by atoms with Crippen LogP contribution in [0.2, 0.25) is 0 Å². The number of amides is 1. The maximum Gasteiger partial charge on any atom is 0.326 e. The van der Waals surface area contributed by atoms with Crippen molar-refractivity contribution < 1.29 is 23.1 Å². The van der Waals surface area contributed by atoms with Gasteiger partial charge < -0.3 is 10.4 Å². The number of sulfone groups is 1. The number of nitrogens with zero attached hydrogens (tertiary/aromatic N) is 1. The fraction of sp³-hybridized carbons (Fsp3) is 0.667. The van der Waals surface area contributed by atoms with Crippen molar-refractivity contribution in [2.75, 3.05) is 18.6 Å². The first kappa shape index (κ1) is 43.5. The van der Waals surface area contributed by atoms with E-state index in [0.717, 1.165) is 53.4 Å². The molecule has 0 radical (unpaired) electrons. The Bertz CT molecular complexity index is 1400. The molecule has 0 spiro atoms. The van der Waals surface area contributed by atoms with Crippen LogP contribution in [-0.4, -0.2) is 60.9 Å². The summed E-state index contributed by atoms with van der Waals surface area (Å²) >= 11 is 0. The minimum absolute atomic E-state index is 0.185. The van der Waals surface area contributed by atoms with Gasteiger partial charge >= 0.3 is 5.97 Å². The zero-order chi connectivity index (χ0) is 37.1. The first-order valence-corrected chi connectivity index (χ1v) is 21.6. The highest BCUT2D eigenvalue weighted by atomic mass is 32.2. The average molecular weight is 713 g/mol. The molecule has 2 aromatic rings. The largest absolute Gasteiger partial charge is 0.480 e. The van der Waals surface area contributed by atoms with Crippen molar-refractivity contribution in [1.29, 1.82) is 0 Å². The molecule has 2 atom stereocenters. The van der Waals surface area contributed by atoms with Gasteiger partial charge in [0.1, 0.15) is 15.9 Å². The first-order chi connectivity index (χ1) is 23.9. The van der Waals surface area contributed by atoms with Crippen molar-refractivity contribution in [3.63, 3.8) is 0 Å². The molecule has 50 heavy (non-hydrogen) atoms. The number of carboxylic acids is 1. The number of carbonyl (C=O) groups excluding carboxylic acids is 1. The van der Waals surface area contributed by atoms with Crippen LogP contribution in [-0.2, 0) is 21.2 Å². The second kappa shape index (κ2) is 23.0. The van der Waals surface area contributed by atoms with Gasteiger partial charge in [0.15, 0.2) is 0 Å². The Kier molecular flexibility index (Phi) is 20.0. The molecule has 5 rings (SSSR count). The monoisotopic (exact) mass is 712 g/mol. The van der Waals surface area contributed by atoms with E-state index in [1.54, 1.807) is 6.07 Å². The molecular formula is C42H68N2O5S. The van der Waals surface area contributed by atoms with Crippen LogP contribution >= 0.6 is 0 Å². The van der Waals surface area contributed by atoms with Crippen LogP contribution < -0.4 is 5.32 Å². The molecule has 2 N–H and O–H groups in total. The standard InChI is InChI=1S/C29H38N2O5S.C7H14.C4H10.C2H6/c1-20-7-3-4-11-24(20)26-18-22(19-31-15-6-10-23(31)17-21-8-5-9-21)12-13-25(26)28(32)30-27(29(33)34)14-16-37(2,35)36;1-7-5-3-2-4-6-7;1-3-4-2;1-2/h3-4,7,11-13,18,21,23,27H,5-6,8-10,14-17,19H2,1-2H3,(H,30,32)(H,33,34);7H,2-6H2,1H3;3-4H2,1-2H3;1-2H3. The third kappa shape index (κ3) is 15.3. The van der Waals surface area contributed by atoms with E-state index in [-0.39, 0.29) is 12.2 Å². The molecule has 282 valence electrons. The minimum Gasteiger partial charge on any atom is -0.480 e.